The fourth-order valence-electron chi connectivity index (χ4n) is 0.733. The lowest BCUT2D eigenvalue weighted by atomic mass is 10.2. The van der Waals surface area contributed by atoms with Crippen LogP contribution in [0.5, 0.6) is 0 Å². The van der Waals surface area contributed by atoms with Crippen LogP contribution in [0.2, 0.25) is 0 Å². The summed E-state index contributed by atoms with van der Waals surface area (Å²) in [5, 5.41) is 7.42. The summed E-state index contributed by atoms with van der Waals surface area (Å²) in [6, 6.07) is 0. The Kier molecular flexibility index (Phi) is 4.76. The third-order valence-corrected chi connectivity index (χ3v) is 2.01. The maximum Gasteiger partial charge on any atom is 0.344 e. The van der Waals surface area contributed by atoms with E-state index in [0.29, 0.717) is 13.0 Å². The average molecular weight is 225 g/mol. The zero-order valence-corrected chi connectivity index (χ0v) is 8.48. The van der Waals surface area contributed by atoms with E-state index in [1.165, 1.54) is 0 Å². The van der Waals surface area contributed by atoms with E-state index in [1.54, 1.807) is 0 Å². The van der Waals surface area contributed by atoms with Crippen molar-refractivity contribution in [2.75, 3.05) is 12.8 Å². The van der Waals surface area contributed by atoms with Crippen molar-refractivity contribution < 1.29 is 29.0 Å². The summed E-state index contributed by atoms with van der Waals surface area (Å²) in [6.45, 7) is 1.56. The second-order valence-corrected chi connectivity index (χ2v) is 4.34. The Morgan fingerprint density at radius 1 is 1.57 bits per heavy atom. The van der Waals surface area contributed by atoms with Crippen molar-refractivity contribution in [1.82, 2.24) is 4.90 Å². The van der Waals surface area contributed by atoms with Gasteiger partial charge in [-0.2, -0.15) is 0 Å². The van der Waals surface area contributed by atoms with Crippen molar-refractivity contribution >= 4 is 19.5 Å². The number of aliphatic carboxylic acids is 1. The molecule has 0 saturated carbocycles. The highest BCUT2D eigenvalue weighted by atomic mass is 31.2. The van der Waals surface area contributed by atoms with E-state index in [1.807, 2.05) is 0 Å². The summed E-state index contributed by atoms with van der Waals surface area (Å²) in [5.74, 6) is -1.01. The lowest BCUT2D eigenvalue weighted by molar-refractivity contribution is -0.138. The van der Waals surface area contributed by atoms with Gasteiger partial charge in [-0.15, -0.1) is 0 Å². The van der Waals surface area contributed by atoms with E-state index in [9.17, 15) is 9.36 Å². The predicted octanol–water partition coefficient (Wildman–Crippen LogP) is -0.555. The Balaban J connectivity index is 0.000000364. The third kappa shape index (κ3) is 6.59. The third-order valence-electron chi connectivity index (χ3n) is 1.30. The molecule has 7 nitrogen and oxygen atoms in total. The summed E-state index contributed by atoms with van der Waals surface area (Å²) >= 11 is 0. The monoisotopic (exact) mass is 225 g/mol. The molecule has 0 radical (unpaired) electrons. The highest BCUT2D eigenvalue weighted by Crippen LogP contribution is 2.36. The fourth-order valence-corrected chi connectivity index (χ4v) is 1.48. The molecule has 0 aromatic heterocycles. The summed E-state index contributed by atoms with van der Waals surface area (Å²) < 4.78 is 10.3. The summed E-state index contributed by atoms with van der Waals surface area (Å²) in [5.41, 5.74) is 0. The molecule has 0 unspecified atom stereocenters. The van der Waals surface area contributed by atoms with Crippen molar-refractivity contribution in [2.45, 2.75) is 13.3 Å². The number of likely N-dealkylation sites (tertiary alicyclic amines) is 1. The lowest BCUT2D eigenvalue weighted by Gasteiger charge is -2.30. The fraction of sp³-hybridized carbons (Fsp3) is 0.667. The molecule has 1 amide bonds. The maximum atomic E-state index is 10.5. The van der Waals surface area contributed by atoms with E-state index >= 15 is 0 Å². The van der Waals surface area contributed by atoms with Crippen LogP contribution in [-0.4, -0.2) is 44.5 Å². The number of hydrogen-bond donors (Lipinski definition) is 3. The smallest absolute Gasteiger partial charge is 0.344 e. The molecule has 1 fully saturated rings. The number of carboxylic acids is 1. The second-order valence-electron chi connectivity index (χ2n) is 2.73. The van der Waals surface area contributed by atoms with Crippen molar-refractivity contribution in [3.8, 4) is 0 Å². The molecule has 1 heterocycles. The molecule has 0 spiro atoms. The van der Waals surface area contributed by atoms with Gasteiger partial charge in [0.2, 0.25) is 5.91 Å². The number of nitrogens with zero attached hydrogens (tertiary/aromatic N) is 1. The van der Waals surface area contributed by atoms with Crippen molar-refractivity contribution in [2.24, 2.45) is 0 Å². The van der Waals surface area contributed by atoms with Crippen LogP contribution >= 0.6 is 7.60 Å². The average Bonchev–Trinajstić information content (AvgIpc) is 1.95. The molecule has 0 bridgehead atoms. The van der Waals surface area contributed by atoms with Gasteiger partial charge in [-0.05, 0) is 0 Å². The number of carbonyl (C=O) groups excluding carboxylic acids is 1. The van der Waals surface area contributed by atoms with Gasteiger partial charge in [-0.3, -0.25) is 14.2 Å². The molecule has 82 valence electrons. The highest BCUT2D eigenvalue weighted by Gasteiger charge is 2.29. The van der Waals surface area contributed by atoms with Crippen LogP contribution in [0.25, 0.3) is 0 Å². The summed E-state index contributed by atoms with van der Waals surface area (Å²) in [7, 11) is -4.02. The van der Waals surface area contributed by atoms with Gasteiger partial charge in [0.25, 0.3) is 5.97 Å². The first-order chi connectivity index (χ1) is 6.22. The number of carboxylic acid groups (broad SMARTS) is 1. The SMILES string of the molecule is CC(=O)O.O=C1CCN1CP(=O)(O)O. The number of β-lactam (4-membered cyclic amide) rings is 1. The molecule has 1 aliphatic heterocycles. The second kappa shape index (κ2) is 5.09. The molecule has 14 heavy (non-hydrogen) atoms. The normalized spacial score (nSPS) is 15.4. The molecule has 0 atom stereocenters. The molecule has 1 rings (SSSR count). The van der Waals surface area contributed by atoms with Gasteiger partial charge in [-0.1, -0.05) is 0 Å². The van der Waals surface area contributed by atoms with Gasteiger partial charge in [-0.25, -0.2) is 0 Å². The first-order valence-electron chi connectivity index (χ1n) is 3.74. The molecular formula is C6H12NO6P. The highest BCUT2D eigenvalue weighted by molar-refractivity contribution is 7.51. The van der Waals surface area contributed by atoms with Gasteiger partial charge in [0, 0.05) is 19.9 Å². The molecular weight excluding hydrogens is 213 g/mol. The molecule has 0 aromatic rings. The van der Waals surface area contributed by atoms with Crippen molar-refractivity contribution in [1.29, 1.82) is 0 Å². The van der Waals surface area contributed by atoms with Crippen LogP contribution < -0.4 is 0 Å². The molecule has 3 N–H and O–H groups in total. The molecule has 1 aliphatic rings. The van der Waals surface area contributed by atoms with Crippen LogP contribution in [0.1, 0.15) is 13.3 Å². The van der Waals surface area contributed by atoms with Crippen LogP contribution in [0.4, 0.5) is 0 Å². The number of rotatable bonds is 2. The van der Waals surface area contributed by atoms with Crippen molar-refractivity contribution in [3.05, 3.63) is 0 Å². The van der Waals surface area contributed by atoms with Gasteiger partial charge in [0.15, 0.2) is 0 Å². The number of hydrogen-bond acceptors (Lipinski definition) is 3. The maximum absolute atomic E-state index is 10.5. The predicted molar refractivity (Wildman–Crippen MR) is 46.6 cm³/mol. The van der Waals surface area contributed by atoms with Crippen LogP contribution in [0.15, 0.2) is 0 Å². The Bertz CT molecular complexity index is 267. The van der Waals surface area contributed by atoms with E-state index in [4.69, 9.17) is 19.7 Å². The van der Waals surface area contributed by atoms with Gasteiger partial charge >= 0.3 is 7.60 Å². The van der Waals surface area contributed by atoms with Crippen LogP contribution in [0.3, 0.4) is 0 Å². The van der Waals surface area contributed by atoms with Crippen LogP contribution in [-0.2, 0) is 14.2 Å². The summed E-state index contributed by atoms with van der Waals surface area (Å²) in [4.78, 5) is 37.4. The molecule has 0 aliphatic carbocycles. The topological polar surface area (TPSA) is 115 Å². The first-order valence-corrected chi connectivity index (χ1v) is 5.54. The van der Waals surface area contributed by atoms with Crippen LogP contribution in [0, 0.1) is 0 Å². The lowest BCUT2D eigenvalue weighted by Crippen LogP contribution is -2.43. The first kappa shape index (κ1) is 13.1. The Morgan fingerprint density at radius 2 is 2.00 bits per heavy atom. The van der Waals surface area contributed by atoms with E-state index < -0.39 is 19.9 Å². The van der Waals surface area contributed by atoms with Crippen molar-refractivity contribution in [3.63, 3.8) is 0 Å². The van der Waals surface area contributed by atoms with E-state index in [2.05, 4.69) is 0 Å². The number of amides is 1. The molecule has 8 heteroatoms. The minimum atomic E-state index is -4.02. The van der Waals surface area contributed by atoms with Gasteiger partial charge < -0.3 is 19.8 Å². The quantitative estimate of drug-likeness (QED) is 0.428. The minimum Gasteiger partial charge on any atom is -0.481 e. The zero-order chi connectivity index (χ0) is 11.4. The summed E-state index contributed by atoms with van der Waals surface area (Å²) in [6.07, 6.45) is -0.00810. The Morgan fingerprint density at radius 3 is 2.07 bits per heavy atom. The van der Waals surface area contributed by atoms with E-state index in [0.717, 1.165) is 11.8 Å². The van der Waals surface area contributed by atoms with E-state index in [-0.39, 0.29) is 5.91 Å². The standard InChI is InChI=1S/C4H8NO4P.C2H4O2/c6-4-1-2-5(4)3-10(7,8)9;1-2(3)4/h1-3H2,(H2,7,8,9);1H3,(H,3,4). The van der Waals surface area contributed by atoms with Gasteiger partial charge in [0.05, 0.1) is 0 Å². The number of carbonyl (C=O) groups is 2. The van der Waals surface area contributed by atoms with Gasteiger partial charge in [0.1, 0.15) is 6.29 Å². The molecule has 1 saturated heterocycles. The zero-order valence-electron chi connectivity index (χ0n) is 7.58. The minimum absolute atomic E-state index is 0.177. The Labute approximate surface area is 80.5 Å². The largest absolute Gasteiger partial charge is 0.481 e. The molecule has 0 aromatic carbocycles. The Hall–Kier alpha value is -0.910.